The summed E-state index contributed by atoms with van der Waals surface area (Å²) in [5.41, 5.74) is 3.90. The van der Waals surface area contributed by atoms with E-state index in [2.05, 4.69) is 62.6 Å². The largest absolute Gasteiger partial charge is 0.345 e. The van der Waals surface area contributed by atoms with E-state index in [4.69, 9.17) is 0 Å². The molecule has 0 aliphatic carbocycles. The molecule has 0 fully saturated rings. The summed E-state index contributed by atoms with van der Waals surface area (Å²) in [6.07, 6.45) is 1.08. The van der Waals surface area contributed by atoms with Gasteiger partial charge in [0.15, 0.2) is 6.54 Å². The molecule has 0 radical (unpaired) electrons. The third-order valence-corrected chi connectivity index (χ3v) is 5.11. The second-order valence-electron chi connectivity index (χ2n) is 8.87. The van der Waals surface area contributed by atoms with Gasteiger partial charge in [0, 0.05) is 36.8 Å². The Bertz CT molecular complexity index is 824. The summed E-state index contributed by atoms with van der Waals surface area (Å²) in [7, 11) is 3.44. The van der Waals surface area contributed by atoms with Gasteiger partial charge in [-0.15, -0.1) is 0 Å². The van der Waals surface area contributed by atoms with Crippen molar-refractivity contribution in [1.82, 2.24) is 4.90 Å². The first-order valence-corrected chi connectivity index (χ1v) is 10.7. The summed E-state index contributed by atoms with van der Waals surface area (Å²) in [6.45, 7) is 9.16. The summed E-state index contributed by atoms with van der Waals surface area (Å²) in [5, 5.41) is 5.02. The number of hydrogen-bond acceptors (Lipinski definition) is 2. The molecule has 5 nitrogen and oxygen atoms in total. The molecule has 0 saturated heterocycles. The van der Waals surface area contributed by atoms with E-state index >= 15 is 0 Å². The number of benzene rings is 2. The van der Waals surface area contributed by atoms with Crippen molar-refractivity contribution in [2.24, 2.45) is 11.8 Å². The minimum atomic E-state index is -0.0552. The van der Waals surface area contributed by atoms with E-state index in [9.17, 15) is 9.59 Å². The van der Waals surface area contributed by atoms with Crippen molar-refractivity contribution >= 4 is 17.5 Å². The Balaban J connectivity index is 1.94. The first-order valence-electron chi connectivity index (χ1n) is 10.7. The van der Waals surface area contributed by atoms with Gasteiger partial charge in [0.1, 0.15) is 6.04 Å². The highest BCUT2D eigenvalue weighted by molar-refractivity contribution is 5.95. The second-order valence-corrected chi connectivity index (χ2v) is 8.87. The van der Waals surface area contributed by atoms with Gasteiger partial charge in [-0.25, -0.2) is 0 Å². The predicted octanol–water partition coefficient (Wildman–Crippen LogP) is 3.49. The Hall–Kier alpha value is -2.66. The normalized spacial score (nSPS) is 12.1. The first kappa shape index (κ1) is 23.6. The SMILES string of the molecule is CC(C)Cc1ccc([C@@H]([NH2+]CC(=O)Nc2ccc(C(=O)N(C)C)cc2)C(C)C)cc1. The molecule has 2 aromatic carbocycles. The number of nitrogens with one attached hydrogen (secondary N) is 1. The summed E-state index contributed by atoms with van der Waals surface area (Å²) < 4.78 is 0. The van der Waals surface area contributed by atoms with Crippen molar-refractivity contribution in [2.45, 2.75) is 40.2 Å². The van der Waals surface area contributed by atoms with Crippen LogP contribution in [0, 0.1) is 11.8 Å². The molecule has 5 heteroatoms. The van der Waals surface area contributed by atoms with Crippen LogP contribution < -0.4 is 10.6 Å². The molecule has 2 aromatic rings. The molecule has 0 aliphatic rings. The van der Waals surface area contributed by atoms with E-state index in [1.165, 1.54) is 16.0 Å². The van der Waals surface area contributed by atoms with Gasteiger partial charge in [0.25, 0.3) is 11.8 Å². The average Bonchev–Trinajstić information content (AvgIpc) is 2.68. The Kier molecular flexibility index (Phi) is 8.60. The van der Waals surface area contributed by atoms with Crippen molar-refractivity contribution in [1.29, 1.82) is 0 Å². The van der Waals surface area contributed by atoms with Crippen LogP contribution in [0.15, 0.2) is 48.5 Å². The van der Waals surface area contributed by atoms with Crippen molar-refractivity contribution in [3.63, 3.8) is 0 Å². The highest BCUT2D eigenvalue weighted by atomic mass is 16.2. The van der Waals surface area contributed by atoms with E-state index in [0.29, 0.717) is 29.6 Å². The number of anilines is 1. The lowest BCUT2D eigenvalue weighted by Crippen LogP contribution is -2.88. The number of carbonyl (C=O) groups excluding carboxylic acids is 2. The molecule has 2 rings (SSSR count). The maximum absolute atomic E-state index is 12.5. The lowest BCUT2D eigenvalue weighted by molar-refractivity contribution is -0.692. The van der Waals surface area contributed by atoms with Gasteiger partial charge in [-0.05, 0) is 42.2 Å². The molecule has 162 valence electrons. The van der Waals surface area contributed by atoms with Gasteiger partial charge in [-0.3, -0.25) is 9.59 Å². The molecule has 0 saturated carbocycles. The average molecular weight is 411 g/mol. The van der Waals surface area contributed by atoms with Gasteiger partial charge in [-0.1, -0.05) is 52.0 Å². The quantitative estimate of drug-likeness (QED) is 0.665. The van der Waals surface area contributed by atoms with Crippen molar-refractivity contribution < 1.29 is 14.9 Å². The maximum atomic E-state index is 12.5. The molecular formula is C25H36N3O2+. The number of amides is 2. The minimum Gasteiger partial charge on any atom is -0.345 e. The molecule has 1 atom stereocenters. The fourth-order valence-electron chi connectivity index (χ4n) is 3.54. The summed E-state index contributed by atoms with van der Waals surface area (Å²) in [4.78, 5) is 25.9. The topological polar surface area (TPSA) is 66.0 Å². The van der Waals surface area contributed by atoms with Crippen LogP contribution in [0.2, 0.25) is 0 Å². The fraction of sp³-hybridized carbons (Fsp3) is 0.440. The maximum Gasteiger partial charge on any atom is 0.279 e. The zero-order valence-electron chi connectivity index (χ0n) is 19.1. The molecular weight excluding hydrogens is 374 g/mol. The van der Waals surface area contributed by atoms with E-state index in [1.807, 2.05) is 0 Å². The third-order valence-electron chi connectivity index (χ3n) is 5.11. The molecule has 3 N–H and O–H groups in total. The predicted molar refractivity (Wildman–Crippen MR) is 122 cm³/mol. The first-order chi connectivity index (χ1) is 14.2. The second kappa shape index (κ2) is 10.9. The van der Waals surface area contributed by atoms with Crippen LogP contribution >= 0.6 is 0 Å². The number of quaternary nitrogens is 1. The molecule has 30 heavy (non-hydrogen) atoms. The van der Waals surface area contributed by atoms with E-state index in [-0.39, 0.29) is 17.9 Å². The number of carbonyl (C=O) groups is 2. The molecule has 0 bridgehead atoms. The standard InChI is InChI=1S/C25H35N3O2/c1-17(2)15-19-7-9-20(10-8-19)24(18(3)4)26-16-23(29)27-22-13-11-21(12-14-22)25(30)28(5)6/h7-14,17-18,24,26H,15-16H2,1-6H3,(H,27,29)/p+1/t24-/m0/s1. The molecule has 0 aromatic heterocycles. The van der Waals surface area contributed by atoms with Crippen LogP contribution in [-0.2, 0) is 11.2 Å². The summed E-state index contributed by atoms with van der Waals surface area (Å²) in [6, 6.07) is 16.0. The fourth-order valence-corrected chi connectivity index (χ4v) is 3.54. The van der Waals surface area contributed by atoms with Crippen LogP contribution in [0.1, 0.15) is 55.2 Å². The van der Waals surface area contributed by atoms with E-state index < -0.39 is 0 Å². The summed E-state index contributed by atoms with van der Waals surface area (Å²) in [5.74, 6) is 0.941. The zero-order valence-corrected chi connectivity index (χ0v) is 19.1. The van der Waals surface area contributed by atoms with Crippen LogP contribution in [0.4, 0.5) is 5.69 Å². The zero-order chi connectivity index (χ0) is 22.3. The van der Waals surface area contributed by atoms with Gasteiger partial charge < -0.3 is 15.5 Å². The number of hydrogen-bond donors (Lipinski definition) is 2. The lowest BCUT2D eigenvalue weighted by atomic mass is 9.93. The van der Waals surface area contributed by atoms with Gasteiger partial charge in [-0.2, -0.15) is 0 Å². The molecule has 2 amide bonds. The smallest absolute Gasteiger partial charge is 0.279 e. The van der Waals surface area contributed by atoms with Crippen molar-refractivity contribution in [2.75, 3.05) is 26.0 Å². The van der Waals surface area contributed by atoms with Crippen LogP contribution in [0.5, 0.6) is 0 Å². The number of rotatable bonds is 9. The highest BCUT2D eigenvalue weighted by Gasteiger charge is 2.20. The van der Waals surface area contributed by atoms with Crippen molar-refractivity contribution in [3.05, 3.63) is 65.2 Å². The summed E-state index contributed by atoms with van der Waals surface area (Å²) >= 11 is 0. The molecule has 0 spiro atoms. The number of nitrogens with two attached hydrogens (primary N) is 1. The monoisotopic (exact) mass is 410 g/mol. The van der Waals surface area contributed by atoms with Crippen LogP contribution in [0.25, 0.3) is 0 Å². The van der Waals surface area contributed by atoms with E-state index in [1.54, 1.807) is 38.4 Å². The Morgan fingerprint density at radius 1 is 0.933 bits per heavy atom. The van der Waals surface area contributed by atoms with Crippen LogP contribution in [-0.4, -0.2) is 37.4 Å². The van der Waals surface area contributed by atoms with Gasteiger partial charge in [0.05, 0.1) is 0 Å². The van der Waals surface area contributed by atoms with Crippen molar-refractivity contribution in [3.8, 4) is 0 Å². The molecule has 0 unspecified atom stereocenters. The third kappa shape index (κ3) is 6.99. The molecule has 0 heterocycles. The van der Waals surface area contributed by atoms with Gasteiger partial charge in [0.2, 0.25) is 0 Å². The van der Waals surface area contributed by atoms with Crippen LogP contribution in [0.3, 0.4) is 0 Å². The number of nitrogens with zero attached hydrogens (tertiary/aromatic N) is 1. The Labute approximate surface area is 180 Å². The highest BCUT2D eigenvalue weighted by Crippen LogP contribution is 2.19. The van der Waals surface area contributed by atoms with E-state index in [0.717, 1.165) is 6.42 Å². The lowest BCUT2D eigenvalue weighted by Gasteiger charge is -2.20. The van der Waals surface area contributed by atoms with Gasteiger partial charge >= 0.3 is 0 Å². The Morgan fingerprint density at radius 3 is 2.03 bits per heavy atom. The molecule has 0 aliphatic heterocycles. The minimum absolute atomic E-state index is 0.0521. The Morgan fingerprint density at radius 2 is 1.53 bits per heavy atom.